The summed E-state index contributed by atoms with van der Waals surface area (Å²) in [6.45, 7) is 0.0415. The highest BCUT2D eigenvalue weighted by Gasteiger charge is 2.34. The van der Waals surface area contributed by atoms with Gasteiger partial charge < -0.3 is 10.5 Å². The molecule has 106 valence electrons. The summed E-state index contributed by atoms with van der Waals surface area (Å²) < 4.78 is 44.3. The molecule has 0 radical (unpaired) electrons. The number of nitrogens with two attached hydrogens (primary N) is 1. The molecule has 2 nitrogen and oxygen atoms in total. The minimum Gasteiger partial charge on any atom is -0.488 e. The maximum Gasteiger partial charge on any atom is 0.419 e. The fourth-order valence-corrected chi connectivity index (χ4v) is 1.96. The first kappa shape index (κ1) is 14.7. The molecule has 0 amide bonds. The van der Waals surface area contributed by atoms with Crippen molar-refractivity contribution >= 4 is 21.6 Å². The van der Waals surface area contributed by atoms with E-state index in [1.54, 1.807) is 24.3 Å². The highest BCUT2D eigenvalue weighted by Crippen LogP contribution is 2.37. The molecule has 20 heavy (non-hydrogen) atoms. The van der Waals surface area contributed by atoms with Crippen molar-refractivity contribution in [3.8, 4) is 5.75 Å². The molecule has 0 aliphatic heterocycles. The molecule has 0 heterocycles. The zero-order valence-corrected chi connectivity index (χ0v) is 11.8. The lowest BCUT2D eigenvalue weighted by molar-refractivity contribution is -0.139. The molecule has 2 aromatic carbocycles. The van der Waals surface area contributed by atoms with E-state index in [2.05, 4.69) is 15.9 Å². The molecular weight excluding hydrogens is 335 g/mol. The molecule has 0 bridgehead atoms. The number of rotatable bonds is 3. The van der Waals surface area contributed by atoms with E-state index in [4.69, 9.17) is 10.5 Å². The highest BCUT2D eigenvalue weighted by atomic mass is 79.9. The predicted octanol–water partition coefficient (Wildman–Crippen LogP) is 4.63. The number of hydrogen-bond donors (Lipinski definition) is 1. The number of hydrogen-bond acceptors (Lipinski definition) is 2. The van der Waals surface area contributed by atoms with E-state index >= 15 is 0 Å². The normalized spacial score (nSPS) is 11.4. The van der Waals surface area contributed by atoms with Crippen molar-refractivity contribution in [2.45, 2.75) is 12.8 Å². The van der Waals surface area contributed by atoms with E-state index in [-0.39, 0.29) is 12.4 Å². The van der Waals surface area contributed by atoms with Gasteiger partial charge in [0.25, 0.3) is 0 Å². The van der Waals surface area contributed by atoms with Crippen LogP contribution in [0.25, 0.3) is 0 Å². The first-order chi connectivity index (χ1) is 9.36. The van der Waals surface area contributed by atoms with E-state index in [0.717, 1.165) is 11.6 Å². The molecule has 2 rings (SSSR count). The van der Waals surface area contributed by atoms with Gasteiger partial charge in [0.15, 0.2) is 0 Å². The van der Waals surface area contributed by atoms with Crippen LogP contribution in [0.4, 0.5) is 18.9 Å². The SMILES string of the molecule is Nc1ccc(COc2cc(Br)ccc2C(F)(F)F)cc1. The van der Waals surface area contributed by atoms with Crippen molar-refractivity contribution in [1.82, 2.24) is 0 Å². The second-order valence-corrected chi connectivity index (χ2v) is 5.08. The van der Waals surface area contributed by atoms with Crippen molar-refractivity contribution < 1.29 is 17.9 Å². The number of ether oxygens (including phenoxy) is 1. The Morgan fingerprint density at radius 1 is 1.05 bits per heavy atom. The Hall–Kier alpha value is -1.69. The van der Waals surface area contributed by atoms with Crippen LogP contribution in [0.1, 0.15) is 11.1 Å². The van der Waals surface area contributed by atoms with Crippen LogP contribution < -0.4 is 10.5 Å². The average molecular weight is 346 g/mol. The molecule has 0 aliphatic rings. The zero-order chi connectivity index (χ0) is 14.8. The summed E-state index contributed by atoms with van der Waals surface area (Å²) in [4.78, 5) is 0. The Bertz CT molecular complexity index is 596. The van der Waals surface area contributed by atoms with Gasteiger partial charge in [-0.25, -0.2) is 0 Å². The van der Waals surface area contributed by atoms with E-state index in [9.17, 15) is 13.2 Å². The third-order valence-corrected chi connectivity index (χ3v) is 3.12. The molecule has 0 unspecified atom stereocenters. The maximum absolute atomic E-state index is 12.8. The molecule has 0 aliphatic carbocycles. The lowest BCUT2D eigenvalue weighted by Crippen LogP contribution is -2.08. The summed E-state index contributed by atoms with van der Waals surface area (Å²) in [6, 6.07) is 10.4. The minimum atomic E-state index is -4.45. The third-order valence-electron chi connectivity index (χ3n) is 2.62. The largest absolute Gasteiger partial charge is 0.488 e. The highest BCUT2D eigenvalue weighted by molar-refractivity contribution is 9.10. The fraction of sp³-hybridized carbons (Fsp3) is 0.143. The lowest BCUT2D eigenvalue weighted by Gasteiger charge is -2.14. The Balaban J connectivity index is 2.20. The zero-order valence-electron chi connectivity index (χ0n) is 10.2. The summed E-state index contributed by atoms with van der Waals surface area (Å²) in [7, 11) is 0. The lowest BCUT2D eigenvalue weighted by atomic mass is 10.2. The number of halogens is 4. The number of nitrogen functional groups attached to an aromatic ring is 1. The van der Waals surface area contributed by atoms with Crippen LogP contribution in [0, 0.1) is 0 Å². The van der Waals surface area contributed by atoms with Gasteiger partial charge >= 0.3 is 6.18 Å². The second kappa shape index (κ2) is 5.75. The van der Waals surface area contributed by atoms with E-state index in [1.165, 1.54) is 12.1 Å². The van der Waals surface area contributed by atoms with Gasteiger partial charge in [-0.2, -0.15) is 13.2 Å². The van der Waals surface area contributed by atoms with Crippen LogP contribution in [0.2, 0.25) is 0 Å². The van der Waals surface area contributed by atoms with Crippen LogP contribution in [-0.4, -0.2) is 0 Å². The van der Waals surface area contributed by atoms with Gasteiger partial charge in [0, 0.05) is 10.2 Å². The van der Waals surface area contributed by atoms with Crippen LogP contribution in [0.5, 0.6) is 5.75 Å². The van der Waals surface area contributed by atoms with E-state index in [1.807, 2.05) is 0 Å². The summed E-state index contributed by atoms with van der Waals surface area (Å²) in [5.41, 5.74) is 6.08. The summed E-state index contributed by atoms with van der Waals surface area (Å²) in [5, 5.41) is 0. The maximum atomic E-state index is 12.8. The Morgan fingerprint density at radius 2 is 1.70 bits per heavy atom. The molecule has 0 saturated carbocycles. The topological polar surface area (TPSA) is 35.2 Å². The summed E-state index contributed by atoms with van der Waals surface area (Å²) in [6.07, 6.45) is -4.45. The molecule has 2 aromatic rings. The minimum absolute atomic E-state index is 0.0415. The molecule has 0 spiro atoms. The van der Waals surface area contributed by atoms with Gasteiger partial charge in [0.05, 0.1) is 5.56 Å². The van der Waals surface area contributed by atoms with E-state index in [0.29, 0.717) is 10.2 Å². The molecule has 0 aromatic heterocycles. The van der Waals surface area contributed by atoms with Gasteiger partial charge in [-0.3, -0.25) is 0 Å². The number of alkyl halides is 3. The third kappa shape index (κ3) is 3.66. The van der Waals surface area contributed by atoms with Gasteiger partial charge in [-0.15, -0.1) is 0 Å². The van der Waals surface area contributed by atoms with Gasteiger partial charge in [0.1, 0.15) is 12.4 Å². The summed E-state index contributed by atoms with van der Waals surface area (Å²) >= 11 is 3.13. The van der Waals surface area contributed by atoms with Crippen LogP contribution in [0.3, 0.4) is 0 Å². The standard InChI is InChI=1S/C14H11BrF3NO/c15-10-3-6-12(14(16,17)18)13(7-10)20-8-9-1-4-11(19)5-2-9/h1-7H,8,19H2. The Labute approximate surface area is 122 Å². The average Bonchev–Trinajstić information content (AvgIpc) is 2.36. The van der Waals surface area contributed by atoms with Crippen LogP contribution in [-0.2, 0) is 12.8 Å². The second-order valence-electron chi connectivity index (χ2n) is 4.17. The molecule has 2 N–H and O–H groups in total. The summed E-state index contributed by atoms with van der Waals surface area (Å²) in [5.74, 6) is -0.205. The van der Waals surface area contributed by atoms with Gasteiger partial charge in [0.2, 0.25) is 0 Å². The molecule has 6 heteroatoms. The van der Waals surface area contributed by atoms with Crippen molar-refractivity contribution in [3.63, 3.8) is 0 Å². The van der Waals surface area contributed by atoms with Gasteiger partial charge in [-0.05, 0) is 35.9 Å². The van der Waals surface area contributed by atoms with Gasteiger partial charge in [-0.1, -0.05) is 28.1 Å². The Kier molecular flexibility index (Phi) is 4.23. The van der Waals surface area contributed by atoms with Crippen molar-refractivity contribution in [1.29, 1.82) is 0 Å². The van der Waals surface area contributed by atoms with E-state index < -0.39 is 11.7 Å². The monoisotopic (exact) mass is 345 g/mol. The van der Waals surface area contributed by atoms with Crippen LogP contribution >= 0.6 is 15.9 Å². The van der Waals surface area contributed by atoms with Crippen molar-refractivity contribution in [2.75, 3.05) is 5.73 Å². The Morgan fingerprint density at radius 3 is 2.30 bits per heavy atom. The molecule has 0 fully saturated rings. The number of benzene rings is 2. The first-order valence-electron chi connectivity index (χ1n) is 5.70. The molecular formula is C14H11BrF3NO. The molecule has 0 atom stereocenters. The quantitative estimate of drug-likeness (QED) is 0.823. The molecule has 0 saturated heterocycles. The van der Waals surface area contributed by atoms with Crippen molar-refractivity contribution in [3.05, 3.63) is 58.1 Å². The predicted molar refractivity (Wildman–Crippen MR) is 74.3 cm³/mol. The first-order valence-corrected chi connectivity index (χ1v) is 6.49. The fourth-order valence-electron chi connectivity index (χ4n) is 1.62. The smallest absolute Gasteiger partial charge is 0.419 e. The number of anilines is 1. The van der Waals surface area contributed by atoms with Crippen molar-refractivity contribution in [2.24, 2.45) is 0 Å². The van der Waals surface area contributed by atoms with Crippen LogP contribution in [0.15, 0.2) is 46.9 Å².